The number of ketones is 1. The summed E-state index contributed by atoms with van der Waals surface area (Å²) < 4.78 is 12.4. The van der Waals surface area contributed by atoms with Crippen molar-refractivity contribution in [2.45, 2.75) is 34.6 Å². The molecule has 6 aromatic rings. The Morgan fingerprint density at radius 1 is 0.897 bits per heavy atom. The molecule has 0 saturated heterocycles. The molecule has 6 rings (SSSR count). The maximum absolute atomic E-state index is 10.0. The molecule has 0 atom stereocenters. The maximum Gasteiger partial charge on any atom is 0.155 e. The number of carbonyl (C=O) groups excluding carboxylic acids is 1. The van der Waals surface area contributed by atoms with E-state index in [4.69, 9.17) is 18.9 Å². The van der Waals surface area contributed by atoms with Crippen LogP contribution in [-0.2, 0) is 24.9 Å². The molecule has 0 saturated carbocycles. The number of pyridine rings is 1. The van der Waals surface area contributed by atoms with Crippen molar-refractivity contribution in [3.05, 3.63) is 101 Å². The van der Waals surface area contributed by atoms with Gasteiger partial charge in [-0.25, -0.2) is 0 Å². The Kier molecular flexibility index (Phi) is 8.19. The molecule has 3 aromatic heterocycles. The zero-order valence-corrected chi connectivity index (χ0v) is 24.8. The molecule has 0 fully saturated rings. The van der Waals surface area contributed by atoms with Gasteiger partial charge in [0, 0.05) is 43.2 Å². The van der Waals surface area contributed by atoms with Crippen molar-refractivity contribution in [3.63, 3.8) is 0 Å². The summed E-state index contributed by atoms with van der Waals surface area (Å²) in [5.41, 5.74) is 9.76. The first-order valence-electron chi connectivity index (χ1n) is 12.4. The zero-order chi connectivity index (χ0) is 27.0. The third-order valence-electron chi connectivity index (χ3n) is 6.30. The van der Waals surface area contributed by atoms with E-state index in [0.717, 1.165) is 55.6 Å². The Labute approximate surface area is 240 Å². The van der Waals surface area contributed by atoms with Crippen LogP contribution < -0.4 is 0 Å². The van der Waals surface area contributed by atoms with E-state index in [0.29, 0.717) is 0 Å². The molecule has 0 unspecified atom stereocenters. The molecule has 1 N–H and O–H groups in total. The molecule has 1 radical (unpaired) electrons. The minimum Gasteiger partial charge on any atom is -0.512 e. The van der Waals surface area contributed by atoms with Crippen LogP contribution >= 0.6 is 0 Å². The van der Waals surface area contributed by atoms with Crippen molar-refractivity contribution in [3.8, 4) is 22.6 Å². The van der Waals surface area contributed by atoms with Crippen LogP contribution in [0, 0.1) is 26.8 Å². The Morgan fingerprint density at radius 3 is 2.28 bits per heavy atom. The first-order valence-corrected chi connectivity index (χ1v) is 12.4. The second kappa shape index (κ2) is 11.4. The van der Waals surface area contributed by atoms with Gasteiger partial charge in [-0.05, 0) is 63.6 Å². The summed E-state index contributed by atoms with van der Waals surface area (Å²) >= 11 is 0. The fourth-order valence-corrected chi connectivity index (χ4v) is 4.93. The number of allylic oxidation sites excluding steroid dienone is 2. The second-order valence-electron chi connectivity index (χ2n) is 9.55. The van der Waals surface area contributed by atoms with Gasteiger partial charge in [-0.1, -0.05) is 52.9 Å². The molecule has 0 bridgehead atoms. The van der Waals surface area contributed by atoms with Crippen molar-refractivity contribution in [1.82, 2.24) is 4.98 Å². The van der Waals surface area contributed by atoms with Crippen LogP contribution in [0.5, 0.6) is 0 Å². The summed E-state index contributed by atoms with van der Waals surface area (Å²) in [5, 5.41) is 10.5. The minimum absolute atomic E-state index is 0. The minimum atomic E-state index is -0.125. The summed E-state index contributed by atoms with van der Waals surface area (Å²) in [6.07, 6.45) is 1.17. The van der Waals surface area contributed by atoms with Gasteiger partial charge >= 0.3 is 0 Å². The third kappa shape index (κ3) is 5.73. The Balaban J connectivity index is 0.000000394. The third-order valence-corrected chi connectivity index (χ3v) is 6.30. The van der Waals surface area contributed by atoms with Crippen LogP contribution in [0.2, 0.25) is 0 Å². The predicted octanol–water partition coefficient (Wildman–Crippen LogP) is 8.82. The van der Waals surface area contributed by atoms with Gasteiger partial charge in [-0.3, -0.25) is 9.78 Å². The number of aryl methyl sites for hydroxylation is 3. The summed E-state index contributed by atoms with van der Waals surface area (Å²) in [5.74, 6) is 0.785. The van der Waals surface area contributed by atoms with E-state index in [1.54, 1.807) is 0 Å². The first kappa shape index (κ1) is 28.0. The van der Waals surface area contributed by atoms with Crippen molar-refractivity contribution < 1.29 is 38.8 Å². The van der Waals surface area contributed by atoms with Gasteiger partial charge in [0.1, 0.15) is 11.3 Å². The number of para-hydroxylation sites is 1. The topological polar surface area (TPSA) is 76.5 Å². The monoisotopic (exact) mass is 695 g/mol. The molecule has 0 aliphatic rings. The van der Waals surface area contributed by atoms with Crippen LogP contribution in [0.1, 0.15) is 30.5 Å². The number of benzene rings is 3. The number of aromatic nitrogens is 1. The maximum atomic E-state index is 10.0. The summed E-state index contributed by atoms with van der Waals surface area (Å²) in [7, 11) is 0. The number of aliphatic hydroxyl groups excluding tert-OH is 1. The molecule has 6 heteroatoms. The molecule has 5 nitrogen and oxygen atoms in total. The number of furan rings is 2. The van der Waals surface area contributed by atoms with Gasteiger partial charge in [0.2, 0.25) is 0 Å². The van der Waals surface area contributed by atoms with Gasteiger partial charge in [0.25, 0.3) is 0 Å². The van der Waals surface area contributed by atoms with Crippen molar-refractivity contribution in [2.24, 2.45) is 0 Å². The Morgan fingerprint density at radius 2 is 1.62 bits per heavy atom. The number of rotatable bonds is 3. The number of nitrogens with zero attached hydrogens (tertiary/aromatic N) is 1. The molecule has 199 valence electrons. The van der Waals surface area contributed by atoms with E-state index in [9.17, 15) is 4.79 Å². The van der Waals surface area contributed by atoms with E-state index in [2.05, 4.69) is 45.0 Å². The quantitative estimate of drug-likeness (QED) is 0.114. The van der Waals surface area contributed by atoms with Crippen molar-refractivity contribution >= 4 is 38.8 Å². The van der Waals surface area contributed by atoms with Crippen LogP contribution in [0.4, 0.5) is 0 Å². The molecule has 0 aliphatic heterocycles. The van der Waals surface area contributed by atoms with Crippen LogP contribution in [-0.4, -0.2) is 15.9 Å². The summed E-state index contributed by atoms with van der Waals surface area (Å²) in [6, 6.07) is 25.8. The zero-order valence-electron chi connectivity index (χ0n) is 22.4. The number of aliphatic hydroxyl groups is 1. The van der Waals surface area contributed by atoms with Crippen LogP contribution in [0.15, 0.2) is 87.4 Å². The number of carbonyl (C=O) groups is 1. The molecular formula is C33H28IrNO4-. The Hall–Kier alpha value is -3.99. The Bertz CT molecular complexity index is 1830. The fourth-order valence-electron chi connectivity index (χ4n) is 4.93. The van der Waals surface area contributed by atoms with E-state index in [1.807, 2.05) is 48.5 Å². The van der Waals surface area contributed by atoms with Crippen molar-refractivity contribution in [1.29, 1.82) is 0 Å². The number of hydrogen-bond acceptors (Lipinski definition) is 5. The van der Waals surface area contributed by atoms with E-state index >= 15 is 0 Å². The van der Waals surface area contributed by atoms with Crippen LogP contribution in [0.3, 0.4) is 0 Å². The molecule has 0 spiro atoms. The molecule has 3 heterocycles. The molecule has 3 aromatic carbocycles. The second-order valence-corrected chi connectivity index (χ2v) is 9.55. The van der Waals surface area contributed by atoms with Crippen molar-refractivity contribution in [2.75, 3.05) is 0 Å². The first-order chi connectivity index (χ1) is 18.2. The van der Waals surface area contributed by atoms with Crippen LogP contribution in [0.25, 0.3) is 55.6 Å². The normalized spacial score (nSPS) is 11.4. The largest absolute Gasteiger partial charge is 0.512 e. The smallest absolute Gasteiger partial charge is 0.155 e. The van der Waals surface area contributed by atoms with E-state index in [-0.39, 0.29) is 31.6 Å². The number of hydrogen-bond donors (Lipinski definition) is 1. The molecular weight excluding hydrogens is 667 g/mol. The predicted molar refractivity (Wildman–Crippen MR) is 152 cm³/mol. The van der Waals surface area contributed by atoms with Gasteiger partial charge in [0.05, 0.1) is 16.9 Å². The molecule has 0 aliphatic carbocycles. The summed E-state index contributed by atoms with van der Waals surface area (Å²) in [4.78, 5) is 14.9. The van der Waals surface area contributed by atoms with E-state index in [1.165, 1.54) is 36.6 Å². The SMILES string of the molecule is CC(=O)/C=C(/C)O.Cc1cc(C)c(-c2cc3nc(-c4[c-]ccc5c4oc4ccccc45)ccc3o2)c(C)c1.[Ir]. The standard InChI is InChI=1S/C28H20NO2.C5H8O2.Ir/c1-16-13-17(2)27(18(3)14-16)26-15-23-25(30-26)12-11-22(29-23)21-9-6-8-20-19-7-4-5-10-24(19)31-28(20)21;1-4(6)3-5(2)7;/h4-8,10-15H,1-3H3;3,6H,1-2H3;/q-1;;/b;4-3-;. The summed E-state index contributed by atoms with van der Waals surface area (Å²) in [6.45, 7) is 9.21. The van der Waals surface area contributed by atoms with Gasteiger partial charge in [0.15, 0.2) is 11.4 Å². The number of fused-ring (bicyclic) bond motifs is 4. The van der Waals surface area contributed by atoms with Gasteiger partial charge < -0.3 is 13.9 Å². The molecule has 0 amide bonds. The average molecular weight is 695 g/mol. The van der Waals surface area contributed by atoms with Gasteiger partial charge in [-0.15, -0.1) is 18.2 Å². The fraction of sp³-hybridized carbons (Fsp3) is 0.152. The molecule has 39 heavy (non-hydrogen) atoms. The average Bonchev–Trinajstić information content (AvgIpc) is 3.43. The van der Waals surface area contributed by atoms with E-state index < -0.39 is 0 Å². The van der Waals surface area contributed by atoms with Gasteiger partial charge in [-0.2, -0.15) is 0 Å².